The maximum Gasteiger partial charge on any atom is 0.239 e. The van der Waals surface area contributed by atoms with Gasteiger partial charge in [-0.3, -0.25) is 9.69 Å². The molecule has 1 aliphatic rings. The molecule has 0 saturated carbocycles. The van der Waals surface area contributed by atoms with Crippen LogP contribution in [0, 0.1) is 0 Å². The van der Waals surface area contributed by atoms with Crippen LogP contribution in [-0.4, -0.2) is 67.4 Å². The van der Waals surface area contributed by atoms with Gasteiger partial charge in [0, 0.05) is 57.7 Å². The number of hydrogen-bond donors (Lipinski definition) is 2. The molecule has 204 valence electrons. The molecule has 1 atom stereocenters. The Morgan fingerprint density at radius 3 is 2.52 bits per heavy atom. The monoisotopic (exact) mass is 535 g/mol. The molecule has 1 unspecified atom stereocenters. The van der Waals surface area contributed by atoms with Crippen LogP contribution in [0.1, 0.15) is 11.1 Å². The average Bonchev–Trinajstić information content (AvgIpc) is 3.61. The summed E-state index contributed by atoms with van der Waals surface area (Å²) in [5.41, 5.74) is 11.3. The van der Waals surface area contributed by atoms with E-state index in [0.29, 0.717) is 31.0 Å². The van der Waals surface area contributed by atoms with Crippen molar-refractivity contribution in [2.45, 2.75) is 19.0 Å². The number of pyridine rings is 1. The lowest BCUT2D eigenvalue weighted by atomic mass is 10.0. The van der Waals surface area contributed by atoms with Crippen molar-refractivity contribution in [1.29, 1.82) is 0 Å². The predicted octanol–water partition coefficient (Wildman–Crippen LogP) is 3.97. The first-order valence-electron chi connectivity index (χ1n) is 13.6. The van der Waals surface area contributed by atoms with Gasteiger partial charge in [-0.05, 0) is 35.7 Å². The van der Waals surface area contributed by atoms with Crippen LogP contribution < -0.4 is 10.5 Å². The van der Waals surface area contributed by atoms with Crippen LogP contribution >= 0.6 is 0 Å². The molecule has 9 nitrogen and oxygen atoms in total. The Balaban J connectivity index is 1.07. The number of nitrogens with two attached hydrogens (primary N) is 1. The van der Waals surface area contributed by atoms with Crippen LogP contribution in [0.15, 0.2) is 85.6 Å². The van der Waals surface area contributed by atoms with Gasteiger partial charge in [0.2, 0.25) is 5.91 Å². The van der Waals surface area contributed by atoms with Crippen LogP contribution in [0.5, 0.6) is 11.5 Å². The number of benzene rings is 2. The highest BCUT2D eigenvalue weighted by atomic mass is 16.5. The molecule has 0 radical (unpaired) electrons. The van der Waals surface area contributed by atoms with Crippen LogP contribution in [0.2, 0.25) is 0 Å². The highest BCUT2D eigenvalue weighted by Crippen LogP contribution is 2.36. The van der Waals surface area contributed by atoms with Crippen molar-refractivity contribution in [1.82, 2.24) is 29.3 Å². The van der Waals surface area contributed by atoms with Gasteiger partial charge >= 0.3 is 0 Å². The second-order valence-electron chi connectivity index (χ2n) is 10.3. The number of nitrogens with zero attached hydrogens (tertiary/aromatic N) is 5. The first kappa shape index (κ1) is 25.8. The van der Waals surface area contributed by atoms with Crippen molar-refractivity contribution in [3.8, 4) is 22.8 Å². The molecule has 1 amide bonds. The minimum absolute atomic E-state index is 0.00835. The maximum atomic E-state index is 13.1. The summed E-state index contributed by atoms with van der Waals surface area (Å²) in [6.07, 6.45) is 7.72. The molecule has 0 aliphatic carbocycles. The van der Waals surface area contributed by atoms with Gasteiger partial charge in [0.25, 0.3) is 0 Å². The molecule has 40 heavy (non-hydrogen) atoms. The highest BCUT2D eigenvalue weighted by Gasteiger charge is 2.25. The summed E-state index contributed by atoms with van der Waals surface area (Å²) in [4.78, 5) is 29.3. The van der Waals surface area contributed by atoms with Gasteiger partial charge in [-0.1, -0.05) is 42.5 Å². The van der Waals surface area contributed by atoms with E-state index in [1.807, 2.05) is 65.3 Å². The summed E-state index contributed by atoms with van der Waals surface area (Å²) >= 11 is 0. The lowest BCUT2D eigenvalue weighted by molar-refractivity contribution is -0.134. The van der Waals surface area contributed by atoms with E-state index in [9.17, 15) is 4.79 Å². The minimum Gasteiger partial charge on any atom is -0.457 e. The van der Waals surface area contributed by atoms with E-state index in [0.717, 1.165) is 47.5 Å². The second-order valence-corrected chi connectivity index (χ2v) is 10.3. The lowest BCUT2D eigenvalue weighted by Gasteiger charge is -2.36. The van der Waals surface area contributed by atoms with Crippen LogP contribution in [0.25, 0.3) is 22.3 Å². The van der Waals surface area contributed by atoms with Crippen molar-refractivity contribution in [2.75, 3.05) is 26.2 Å². The van der Waals surface area contributed by atoms with Crippen LogP contribution in [-0.2, 0) is 24.8 Å². The third kappa shape index (κ3) is 5.47. The quantitative estimate of drug-likeness (QED) is 0.312. The van der Waals surface area contributed by atoms with Crippen molar-refractivity contribution in [3.63, 3.8) is 0 Å². The molecule has 1 fully saturated rings. The Labute approximate surface area is 233 Å². The fourth-order valence-electron chi connectivity index (χ4n) is 5.29. The van der Waals surface area contributed by atoms with Gasteiger partial charge in [-0.15, -0.1) is 0 Å². The maximum absolute atomic E-state index is 13.1. The Morgan fingerprint density at radius 2 is 1.80 bits per heavy atom. The number of aromatic nitrogens is 4. The molecule has 9 heteroatoms. The van der Waals surface area contributed by atoms with Crippen LogP contribution in [0.3, 0.4) is 0 Å². The summed E-state index contributed by atoms with van der Waals surface area (Å²) in [6, 6.07) is 19.5. The second kappa shape index (κ2) is 11.3. The molecule has 6 rings (SSSR count). The van der Waals surface area contributed by atoms with Gasteiger partial charge in [-0.25, -0.2) is 9.97 Å². The van der Waals surface area contributed by atoms with E-state index < -0.39 is 6.04 Å². The smallest absolute Gasteiger partial charge is 0.239 e. The number of hydrogen-bond acceptors (Lipinski definition) is 6. The van der Waals surface area contributed by atoms with E-state index in [-0.39, 0.29) is 5.91 Å². The molecular formula is C31H33N7O2. The number of H-pyrrole nitrogens is 1. The lowest BCUT2D eigenvalue weighted by Crippen LogP contribution is -2.53. The Kier molecular flexibility index (Phi) is 7.31. The number of aromatic amines is 1. The first-order valence-corrected chi connectivity index (χ1v) is 13.6. The molecule has 1 saturated heterocycles. The molecule has 5 aromatic rings. The molecule has 4 heterocycles. The van der Waals surface area contributed by atoms with Crippen molar-refractivity contribution < 1.29 is 9.53 Å². The first-order chi connectivity index (χ1) is 19.5. The molecule has 2 aromatic carbocycles. The third-order valence-electron chi connectivity index (χ3n) is 7.48. The van der Waals surface area contributed by atoms with Crippen molar-refractivity contribution >= 4 is 16.9 Å². The molecule has 3 aromatic heterocycles. The SMILES string of the molecule is Cn1cncc1-c1c[nH]c2nccc(Oc3ccc(CC(N)C(=O)N4CCN(Cc5ccccc5)CC4)cc3)c12. The van der Waals surface area contributed by atoms with E-state index in [2.05, 4.69) is 44.1 Å². The number of piperazine rings is 1. The summed E-state index contributed by atoms with van der Waals surface area (Å²) < 4.78 is 8.24. The summed E-state index contributed by atoms with van der Waals surface area (Å²) in [6.45, 7) is 4.01. The topological polar surface area (TPSA) is 105 Å². The molecule has 3 N–H and O–H groups in total. The van der Waals surface area contributed by atoms with Gasteiger partial charge in [0.05, 0.1) is 29.6 Å². The standard InChI is InChI=1S/C31H33N7O2/c1-36-21-33-19-27(36)25-18-35-30-29(25)28(11-12-34-30)40-24-9-7-22(8-10-24)17-26(32)31(39)38-15-13-37(14-16-38)20-23-5-3-2-4-6-23/h2-12,18-19,21,26H,13-17,20,32H2,1H3,(H,34,35). The Bertz CT molecular complexity index is 1590. The zero-order valence-electron chi connectivity index (χ0n) is 22.5. The number of amides is 1. The van der Waals surface area contributed by atoms with Gasteiger partial charge in [0.1, 0.15) is 17.1 Å². The van der Waals surface area contributed by atoms with E-state index >= 15 is 0 Å². The average molecular weight is 536 g/mol. The number of rotatable bonds is 8. The van der Waals surface area contributed by atoms with E-state index in [1.165, 1.54) is 5.56 Å². The van der Waals surface area contributed by atoms with Gasteiger partial charge in [-0.2, -0.15) is 0 Å². The Morgan fingerprint density at radius 1 is 1.02 bits per heavy atom. The van der Waals surface area contributed by atoms with E-state index in [1.54, 1.807) is 12.5 Å². The summed E-state index contributed by atoms with van der Waals surface area (Å²) in [5, 5.41) is 0.895. The summed E-state index contributed by atoms with van der Waals surface area (Å²) in [7, 11) is 1.96. The van der Waals surface area contributed by atoms with Gasteiger partial charge < -0.3 is 24.9 Å². The molecular weight excluding hydrogens is 502 g/mol. The number of carbonyl (C=O) groups is 1. The number of carbonyl (C=O) groups excluding carboxylic acids is 1. The number of fused-ring (bicyclic) bond motifs is 1. The number of aryl methyl sites for hydroxylation is 1. The van der Waals surface area contributed by atoms with E-state index in [4.69, 9.17) is 10.5 Å². The molecule has 0 bridgehead atoms. The number of imidazole rings is 1. The fourth-order valence-corrected chi connectivity index (χ4v) is 5.29. The number of ether oxygens (including phenoxy) is 1. The third-order valence-corrected chi connectivity index (χ3v) is 7.48. The Hall–Kier alpha value is -4.47. The highest BCUT2D eigenvalue weighted by molar-refractivity contribution is 5.97. The van der Waals surface area contributed by atoms with Crippen molar-refractivity contribution in [2.24, 2.45) is 12.8 Å². The molecule has 1 aliphatic heterocycles. The fraction of sp³-hybridized carbons (Fsp3) is 0.258. The zero-order valence-corrected chi connectivity index (χ0v) is 22.5. The summed E-state index contributed by atoms with van der Waals surface area (Å²) in [5.74, 6) is 1.41. The normalized spacial score (nSPS) is 14.9. The predicted molar refractivity (Wildman–Crippen MR) is 155 cm³/mol. The zero-order chi connectivity index (χ0) is 27.5. The minimum atomic E-state index is -0.575. The molecule has 0 spiro atoms. The number of nitrogens with one attached hydrogen (secondary N) is 1. The largest absolute Gasteiger partial charge is 0.457 e. The van der Waals surface area contributed by atoms with Crippen LogP contribution in [0.4, 0.5) is 0 Å². The van der Waals surface area contributed by atoms with Gasteiger partial charge in [0.15, 0.2) is 0 Å². The van der Waals surface area contributed by atoms with Crippen molar-refractivity contribution in [3.05, 3.63) is 96.7 Å².